The topological polar surface area (TPSA) is 0 Å². The number of hydrogen-bond acceptors (Lipinski definition) is 1. The van der Waals surface area contributed by atoms with E-state index < -0.39 is 0 Å². The van der Waals surface area contributed by atoms with Crippen molar-refractivity contribution in [2.45, 2.75) is 26.2 Å². The fourth-order valence-corrected chi connectivity index (χ4v) is 2.39. The van der Waals surface area contributed by atoms with Crippen molar-refractivity contribution in [1.82, 2.24) is 0 Å². The van der Waals surface area contributed by atoms with Gasteiger partial charge in [0.15, 0.2) is 0 Å². The van der Waals surface area contributed by atoms with E-state index in [4.69, 9.17) is 0 Å². The van der Waals surface area contributed by atoms with Crippen molar-refractivity contribution < 1.29 is 0 Å². The molecule has 0 saturated carbocycles. The van der Waals surface area contributed by atoms with Crippen LogP contribution in [0, 0.1) is 11.8 Å². The second-order valence-electron chi connectivity index (χ2n) is 3.55. The lowest BCUT2D eigenvalue weighted by molar-refractivity contribution is 0.828. The predicted molar refractivity (Wildman–Crippen MR) is 68.2 cm³/mol. The maximum absolute atomic E-state index is 3.26. The Labute approximate surface area is 94.9 Å². The molecule has 76 valence electrons. The van der Waals surface area contributed by atoms with Crippen molar-refractivity contribution in [3.63, 3.8) is 0 Å². The summed E-state index contributed by atoms with van der Waals surface area (Å²) in [4.78, 5) is 0. The van der Waals surface area contributed by atoms with E-state index >= 15 is 0 Å². The lowest BCUT2D eigenvalue weighted by Gasteiger charge is -1.88. The quantitative estimate of drug-likeness (QED) is 0.512. The Morgan fingerprint density at radius 2 is 2.13 bits per heavy atom. The highest BCUT2D eigenvalue weighted by Crippen LogP contribution is 2.24. The summed E-state index contributed by atoms with van der Waals surface area (Å²) in [5, 5.41) is 3.45. The molecule has 2 aromatic rings. The third-order valence-electron chi connectivity index (χ3n) is 2.36. The van der Waals surface area contributed by atoms with Gasteiger partial charge in [0.05, 0.1) is 0 Å². The van der Waals surface area contributed by atoms with Gasteiger partial charge < -0.3 is 0 Å². The molecule has 0 nitrogen and oxygen atoms in total. The Balaban J connectivity index is 2.23. The van der Waals surface area contributed by atoms with Gasteiger partial charge in [-0.1, -0.05) is 43.4 Å². The molecule has 1 aromatic heterocycles. The van der Waals surface area contributed by atoms with E-state index in [-0.39, 0.29) is 0 Å². The number of benzene rings is 1. The van der Waals surface area contributed by atoms with Crippen LogP contribution in [0.25, 0.3) is 10.1 Å². The summed E-state index contributed by atoms with van der Waals surface area (Å²) < 4.78 is 1.33. The van der Waals surface area contributed by atoms with Crippen molar-refractivity contribution in [3.05, 3.63) is 35.2 Å². The monoisotopic (exact) mass is 214 g/mol. The molecule has 0 atom stereocenters. The molecule has 0 aliphatic rings. The van der Waals surface area contributed by atoms with Gasteiger partial charge in [0.25, 0.3) is 0 Å². The molecule has 1 heterocycles. The zero-order valence-electron chi connectivity index (χ0n) is 8.92. The molecule has 0 spiro atoms. The van der Waals surface area contributed by atoms with Crippen molar-refractivity contribution in [2.24, 2.45) is 0 Å². The number of hydrogen-bond donors (Lipinski definition) is 0. The minimum absolute atomic E-state index is 1.01. The standard InChI is InChI=1S/C14H14S/c1-2-3-4-5-8-12-11-15-14-10-7-6-9-13(12)14/h6-7,9-11H,2-4H2,1H3. The first-order valence-electron chi connectivity index (χ1n) is 5.37. The zero-order valence-corrected chi connectivity index (χ0v) is 9.73. The van der Waals surface area contributed by atoms with Crippen LogP contribution < -0.4 is 0 Å². The Bertz CT molecular complexity index is 497. The van der Waals surface area contributed by atoms with Gasteiger partial charge >= 0.3 is 0 Å². The van der Waals surface area contributed by atoms with Crippen LogP contribution in [0.1, 0.15) is 31.7 Å². The van der Waals surface area contributed by atoms with Crippen LogP contribution in [0.4, 0.5) is 0 Å². The van der Waals surface area contributed by atoms with Crippen LogP contribution in [0.2, 0.25) is 0 Å². The lowest BCUT2D eigenvalue weighted by atomic mass is 10.2. The Hall–Kier alpha value is -1.26. The van der Waals surface area contributed by atoms with E-state index in [2.05, 4.69) is 48.4 Å². The smallest absolute Gasteiger partial charge is 0.0431 e. The van der Waals surface area contributed by atoms with Crippen molar-refractivity contribution in [3.8, 4) is 11.8 Å². The van der Waals surface area contributed by atoms with E-state index in [0.29, 0.717) is 0 Å². The highest BCUT2D eigenvalue weighted by atomic mass is 32.1. The van der Waals surface area contributed by atoms with Crippen LogP contribution in [-0.2, 0) is 0 Å². The molecule has 1 aromatic carbocycles. The Kier molecular flexibility index (Phi) is 3.42. The van der Waals surface area contributed by atoms with Gasteiger partial charge in [-0.25, -0.2) is 0 Å². The van der Waals surface area contributed by atoms with Gasteiger partial charge in [0, 0.05) is 27.5 Å². The molecule has 0 saturated heterocycles. The second kappa shape index (κ2) is 5.00. The molecule has 15 heavy (non-hydrogen) atoms. The summed E-state index contributed by atoms with van der Waals surface area (Å²) in [7, 11) is 0. The molecule has 0 aliphatic heterocycles. The molecule has 0 amide bonds. The second-order valence-corrected chi connectivity index (χ2v) is 4.46. The first-order chi connectivity index (χ1) is 7.42. The molecular weight excluding hydrogens is 200 g/mol. The molecule has 0 bridgehead atoms. The van der Waals surface area contributed by atoms with Crippen LogP contribution in [0.15, 0.2) is 29.6 Å². The average Bonchev–Trinajstić information content (AvgIpc) is 2.68. The number of thiophene rings is 1. The predicted octanol–water partition coefficient (Wildman–Crippen LogP) is 4.44. The molecular formula is C14H14S. The van der Waals surface area contributed by atoms with Gasteiger partial charge in [-0.3, -0.25) is 0 Å². The zero-order chi connectivity index (χ0) is 10.5. The molecule has 0 fully saturated rings. The van der Waals surface area contributed by atoms with Crippen LogP contribution in [-0.4, -0.2) is 0 Å². The van der Waals surface area contributed by atoms with E-state index in [1.54, 1.807) is 11.3 Å². The average molecular weight is 214 g/mol. The van der Waals surface area contributed by atoms with Gasteiger partial charge in [-0.2, -0.15) is 0 Å². The normalized spacial score (nSPS) is 9.93. The first-order valence-corrected chi connectivity index (χ1v) is 6.25. The third-order valence-corrected chi connectivity index (χ3v) is 3.32. The minimum Gasteiger partial charge on any atom is -0.142 e. The van der Waals surface area contributed by atoms with Crippen LogP contribution in [0.5, 0.6) is 0 Å². The number of fused-ring (bicyclic) bond motifs is 1. The summed E-state index contributed by atoms with van der Waals surface area (Å²) in [6.45, 7) is 2.20. The maximum atomic E-state index is 3.26. The summed E-state index contributed by atoms with van der Waals surface area (Å²) in [6.07, 6.45) is 3.44. The molecule has 0 unspecified atom stereocenters. The third kappa shape index (κ3) is 2.40. The van der Waals surface area contributed by atoms with E-state index in [1.807, 2.05) is 0 Å². The fraction of sp³-hybridized carbons (Fsp3) is 0.286. The van der Waals surface area contributed by atoms with Crippen LogP contribution in [0.3, 0.4) is 0 Å². The van der Waals surface area contributed by atoms with Crippen molar-refractivity contribution in [1.29, 1.82) is 0 Å². The molecule has 1 heteroatoms. The van der Waals surface area contributed by atoms with Crippen molar-refractivity contribution >= 4 is 21.4 Å². The summed E-state index contributed by atoms with van der Waals surface area (Å²) in [5.41, 5.74) is 1.19. The highest BCUT2D eigenvalue weighted by molar-refractivity contribution is 7.17. The minimum atomic E-state index is 1.01. The van der Waals surface area contributed by atoms with E-state index in [0.717, 1.165) is 6.42 Å². The molecule has 0 N–H and O–H groups in total. The summed E-state index contributed by atoms with van der Waals surface area (Å²) in [6, 6.07) is 8.45. The van der Waals surface area contributed by atoms with E-state index in [9.17, 15) is 0 Å². The van der Waals surface area contributed by atoms with Gasteiger partial charge in [-0.15, -0.1) is 11.3 Å². The summed E-state index contributed by atoms with van der Waals surface area (Å²) in [5.74, 6) is 6.50. The van der Waals surface area contributed by atoms with Crippen molar-refractivity contribution in [2.75, 3.05) is 0 Å². The van der Waals surface area contributed by atoms with Gasteiger partial charge in [0.1, 0.15) is 0 Å². The number of rotatable bonds is 2. The van der Waals surface area contributed by atoms with Crippen LogP contribution >= 0.6 is 11.3 Å². The SMILES string of the molecule is CCCCC#Cc1csc2ccccc12. The highest BCUT2D eigenvalue weighted by Gasteiger charge is 1.98. The Morgan fingerprint density at radius 1 is 1.27 bits per heavy atom. The molecule has 2 rings (SSSR count). The van der Waals surface area contributed by atoms with Gasteiger partial charge in [0.2, 0.25) is 0 Å². The molecule has 0 radical (unpaired) electrons. The Morgan fingerprint density at radius 3 is 3.00 bits per heavy atom. The fourth-order valence-electron chi connectivity index (χ4n) is 1.50. The molecule has 0 aliphatic carbocycles. The lowest BCUT2D eigenvalue weighted by Crippen LogP contribution is -1.71. The van der Waals surface area contributed by atoms with E-state index in [1.165, 1.54) is 28.5 Å². The first kappa shape index (κ1) is 10.3. The van der Waals surface area contributed by atoms with Gasteiger partial charge in [-0.05, 0) is 12.5 Å². The number of unbranched alkanes of at least 4 members (excludes halogenated alkanes) is 2. The largest absolute Gasteiger partial charge is 0.142 e. The maximum Gasteiger partial charge on any atom is 0.0431 e. The summed E-state index contributed by atoms with van der Waals surface area (Å²) >= 11 is 1.78.